The third kappa shape index (κ3) is 3.90. The van der Waals surface area contributed by atoms with Crippen LogP contribution < -0.4 is 5.32 Å². The molecule has 3 aromatic rings. The van der Waals surface area contributed by atoms with E-state index in [0.717, 1.165) is 0 Å². The summed E-state index contributed by atoms with van der Waals surface area (Å²) in [6, 6.07) is 6.50. The average Bonchev–Trinajstić information content (AvgIpc) is 3.11. The van der Waals surface area contributed by atoms with E-state index in [9.17, 15) is 13.2 Å². The normalized spacial score (nSPS) is 11.9. The highest BCUT2D eigenvalue weighted by atomic mass is 32.2. The SMILES string of the molecule is COCCNC(=O)c1c[nH]c2ncc(-c3ccc(S(=O)(=O)C(C)C)cc3)nc12. The van der Waals surface area contributed by atoms with Crippen molar-refractivity contribution in [2.75, 3.05) is 20.3 Å². The number of amides is 1. The van der Waals surface area contributed by atoms with E-state index in [0.29, 0.717) is 41.1 Å². The lowest BCUT2D eigenvalue weighted by Gasteiger charge is -2.08. The Labute approximate surface area is 163 Å². The number of sulfone groups is 1. The van der Waals surface area contributed by atoms with E-state index >= 15 is 0 Å². The fourth-order valence-electron chi connectivity index (χ4n) is 2.65. The van der Waals surface area contributed by atoms with Crippen molar-refractivity contribution < 1.29 is 17.9 Å². The fourth-order valence-corrected chi connectivity index (χ4v) is 3.71. The summed E-state index contributed by atoms with van der Waals surface area (Å²) < 4.78 is 29.5. The summed E-state index contributed by atoms with van der Waals surface area (Å²) in [7, 11) is -1.77. The Morgan fingerprint density at radius 3 is 2.61 bits per heavy atom. The van der Waals surface area contributed by atoms with Crippen LogP contribution in [0, 0.1) is 0 Å². The van der Waals surface area contributed by atoms with Gasteiger partial charge in [-0.1, -0.05) is 12.1 Å². The predicted octanol–water partition coefficient (Wildman–Crippen LogP) is 2.18. The molecule has 1 amide bonds. The molecule has 8 nitrogen and oxygen atoms in total. The maximum absolute atomic E-state index is 12.3. The summed E-state index contributed by atoms with van der Waals surface area (Å²) >= 11 is 0. The molecular formula is C19H22N4O4S. The molecule has 9 heteroatoms. The van der Waals surface area contributed by atoms with E-state index in [1.165, 1.54) is 0 Å². The average molecular weight is 402 g/mol. The predicted molar refractivity (Wildman–Crippen MR) is 106 cm³/mol. The molecule has 0 aliphatic carbocycles. The van der Waals surface area contributed by atoms with E-state index < -0.39 is 15.1 Å². The van der Waals surface area contributed by atoms with Gasteiger partial charge < -0.3 is 15.0 Å². The minimum absolute atomic E-state index is 0.264. The summed E-state index contributed by atoms with van der Waals surface area (Å²) in [5.74, 6) is -0.270. The highest BCUT2D eigenvalue weighted by molar-refractivity contribution is 7.92. The maximum Gasteiger partial charge on any atom is 0.255 e. The minimum atomic E-state index is -3.33. The van der Waals surface area contributed by atoms with E-state index in [4.69, 9.17) is 4.74 Å². The summed E-state index contributed by atoms with van der Waals surface area (Å²) in [5.41, 5.74) is 2.60. The Balaban J connectivity index is 1.92. The third-order valence-corrected chi connectivity index (χ3v) is 6.49. The van der Waals surface area contributed by atoms with Crippen molar-refractivity contribution in [3.63, 3.8) is 0 Å². The molecule has 2 heterocycles. The first-order valence-electron chi connectivity index (χ1n) is 8.80. The zero-order valence-corrected chi connectivity index (χ0v) is 16.7. The van der Waals surface area contributed by atoms with E-state index in [1.54, 1.807) is 57.6 Å². The number of aromatic amines is 1. The van der Waals surface area contributed by atoms with Crippen molar-refractivity contribution in [1.29, 1.82) is 0 Å². The number of rotatable bonds is 7. The zero-order valence-electron chi connectivity index (χ0n) is 15.9. The second-order valence-electron chi connectivity index (χ2n) is 6.52. The second kappa shape index (κ2) is 8.07. The molecule has 0 saturated heterocycles. The molecule has 0 radical (unpaired) electrons. The number of nitrogens with one attached hydrogen (secondary N) is 2. The molecule has 0 atom stereocenters. The molecule has 148 valence electrons. The van der Waals surface area contributed by atoms with Crippen LogP contribution in [-0.4, -0.2) is 54.8 Å². The number of fused-ring (bicyclic) bond motifs is 1. The highest BCUT2D eigenvalue weighted by Crippen LogP contribution is 2.24. The van der Waals surface area contributed by atoms with Crippen molar-refractivity contribution in [3.05, 3.63) is 42.2 Å². The van der Waals surface area contributed by atoms with Crippen molar-refractivity contribution in [3.8, 4) is 11.3 Å². The number of carbonyl (C=O) groups is 1. The molecule has 2 aromatic heterocycles. The quantitative estimate of drug-likeness (QED) is 0.586. The first kappa shape index (κ1) is 20.0. The fraction of sp³-hybridized carbons (Fsp3) is 0.316. The molecule has 0 spiro atoms. The topological polar surface area (TPSA) is 114 Å². The number of benzene rings is 1. The van der Waals surface area contributed by atoms with Gasteiger partial charge >= 0.3 is 0 Å². The van der Waals surface area contributed by atoms with Crippen molar-refractivity contribution in [2.45, 2.75) is 24.0 Å². The summed E-state index contributed by atoms with van der Waals surface area (Å²) in [4.78, 5) is 24.4. The summed E-state index contributed by atoms with van der Waals surface area (Å²) in [5, 5.41) is 2.26. The van der Waals surface area contributed by atoms with Crippen molar-refractivity contribution in [1.82, 2.24) is 20.3 Å². The van der Waals surface area contributed by atoms with E-state index in [1.807, 2.05) is 0 Å². The van der Waals surface area contributed by atoms with Gasteiger partial charge in [0.15, 0.2) is 15.5 Å². The number of hydrogen-bond donors (Lipinski definition) is 2. The maximum atomic E-state index is 12.3. The number of carbonyl (C=O) groups excluding carboxylic acids is 1. The molecule has 3 rings (SSSR count). The molecule has 28 heavy (non-hydrogen) atoms. The number of nitrogens with zero attached hydrogens (tertiary/aromatic N) is 2. The first-order valence-corrected chi connectivity index (χ1v) is 10.3. The number of hydrogen-bond acceptors (Lipinski definition) is 6. The highest BCUT2D eigenvalue weighted by Gasteiger charge is 2.19. The monoisotopic (exact) mass is 402 g/mol. The number of aromatic nitrogens is 3. The molecule has 0 unspecified atom stereocenters. The number of methoxy groups -OCH3 is 1. The van der Waals surface area contributed by atoms with Gasteiger partial charge in [-0.3, -0.25) is 4.79 Å². The molecule has 0 fully saturated rings. The van der Waals surface area contributed by atoms with Crippen LogP contribution in [0.2, 0.25) is 0 Å². The minimum Gasteiger partial charge on any atom is -0.383 e. The smallest absolute Gasteiger partial charge is 0.255 e. The van der Waals surface area contributed by atoms with Gasteiger partial charge in [0, 0.05) is 25.4 Å². The number of ether oxygens (including phenoxy) is 1. The lowest BCUT2D eigenvalue weighted by Crippen LogP contribution is -2.26. The molecule has 0 aliphatic rings. The molecule has 0 saturated carbocycles. The lowest BCUT2D eigenvalue weighted by atomic mass is 10.1. The Hall–Kier alpha value is -2.78. The standard InChI is InChI=1S/C19H22N4O4S/c1-12(2)28(25,26)14-6-4-13(5-7-14)16-11-22-18-17(23-16)15(10-21-18)19(24)20-8-9-27-3/h4-7,10-12H,8-9H2,1-3H3,(H,20,24)(H,21,22). The second-order valence-corrected chi connectivity index (χ2v) is 9.03. The van der Waals surface area contributed by atoms with E-state index in [-0.39, 0.29) is 10.8 Å². The van der Waals surface area contributed by atoms with Crippen molar-refractivity contribution >= 4 is 26.9 Å². The van der Waals surface area contributed by atoms with Crippen LogP contribution >= 0.6 is 0 Å². The van der Waals surface area contributed by atoms with Crippen molar-refractivity contribution in [2.24, 2.45) is 0 Å². The molecule has 2 N–H and O–H groups in total. The third-order valence-electron chi connectivity index (χ3n) is 4.32. The molecule has 0 aliphatic heterocycles. The number of H-pyrrole nitrogens is 1. The van der Waals surface area contributed by atoms with Gasteiger partial charge in [-0.25, -0.2) is 18.4 Å². The molecule has 0 bridgehead atoms. The summed E-state index contributed by atoms with van der Waals surface area (Å²) in [6.45, 7) is 4.10. The zero-order chi connectivity index (χ0) is 20.3. The molecular weight excluding hydrogens is 380 g/mol. The largest absolute Gasteiger partial charge is 0.383 e. The lowest BCUT2D eigenvalue weighted by molar-refractivity contribution is 0.0938. The van der Waals surface area contributed by atoms with Crippen LogP contribution in [0.4, 0.5) is 0 Å². The van der Waals surface area contributed by atoms with Crippen LogP contribution in [0.15, 0.2) is 41.6 Å². The first-order chi connectivity index (χ1) is 13.3. The Morgan fingerprint density at radius 1 is 1.25 bits per heavy atom. The van der Waals surface area contributed by atoms with Crippen LogP contribution in [-0.2, 0) is 14.6 Å². The van der Waals surface area contributed by atoms with Crippen LogP contribution in [0.1, 0.15) is 24.2 Å². The van der Waals surface area contributed by atoms with E-state index in [2.05, 4.69) is 20.3 Å². The van der Waals surface area contributed by atoms with Crippen LogP contribution in [0.3, 0.4) is 0 Å². The van der Waals surface area contributed by atoms with Gasteiger partial charge in [-0.05, 0) is 26.0 Å². The Kier molecular flexibility index (Phi) is 5.76. The van der Waals surface area contributed by atoms with Gasteiger partial charge in [0.2, 0.25) is 0 Å². The Bertz CT molecular complexity index is 1090. The van der Waals surface area contributed by atoms with Gasteiger partial charge in [-0.15, -0.1) is 0 Å². The van der Waals surface area contributed by atoms with Gasteiger partial charge in [0.25, 0.3) is 5.91 Å². The molecule has 1 aromatic carbocycles. The van der Waals surface area contributed by atoms with Gasteiger partial charge in [0.05, 0.1) is 34.2 Å². The Morgan fingerprint density at radius 2 is 1.96 bits per heavy atom. The summed E-state index contributed by atoms with van der Waals surface area (Å²) in [6.07, 6.45) is 3.15. The van der Waals surface area contributed by atoms with Crippen LogP contribution in [0.5, 0.6) is 0 Å². The van der Waals surface area contributed by atoms with Gasteiger partial charge in [0.1, 0.15) is 5.52 Å². The van der Waals surface area contributed by atoms with Gasteiger partial charge in [-0.2, -0.15) is 0 Å². The van der Waals surface area contributed by atoms with Crippen LogP contribution in [0.25, 0.3) is 22.4 Å².